The fraction of sp³-hybridized carbons (Fsp3) is 0.286. The summed E-state index contributed by atoms with van der Waals surface area (Å²) in [4.78, 5) is 10.4. The molecule has 2 aromatic carbocycles. The Hall–Kier alpha value is -2.39. The number of aldehydes is 1. The molecule has 0 aromatic heterocycles. The minimum Gasteiger partial charge on any atom is -0.299 e. The number of rotatable bonds is 6. The van der Waals surface area contributed by atoms with E-state index in [2.05, 4.69) is 30.3 Å². The van der Waals surface area contributed by atoms with Gasteiger partial charge in [-0.3, -0.25) is 15.1 Å². The number of nitrogens with zero attached hydrogens (tertiary/aromatic N) is 1. The summed E-state index contributed by atoms with van der Waals surface area (Å²) in [6, 6.07) is 16.6. The molecule has 0 radical (unpaired) electrons. The number of benzene rings is 2. The minimum atomic E-state index is 0.178. The zero-order valence-electron chi connectivity index (χ0n) is 13.8. The lowest BCUT2D eigenvalue weighted by molar-refractivity contribution is -0.104. The molecule has 0 amide bonds. The molecule has 3 rings (SSSR count). The third kappa shape index (κ3) is 3.92. The number of carbonyl (C=O) groups is 1. The van der Waals surface area contributed by atoms with Gasteiger partial charge in [-0.15, -0.1) is 0 Å². The number of carbonyl (C=O) groups excluding carboxylic acids is 1. The first-order valence-electron chi connectivity index (χ1n) is 8.55. The SMILES string of the molecule is O=CC=Cc1ccc2c(c1)CCC(CCCc1ccccc1)N2O. The van der Waals surface area contributed by atoms with Crippen LogP contribution in [0.2, 0.25) is 0 Å². The summed E-state index contributed by atoms with van der Waals surface area (Å²) in [7, 11) is 0. The smallest absolute Gasteiger partial charge is 0.142 e. The van der Waals surface area contributed by atoms with Crippen molar-refractivity contribution in [3.05, 3.63) is 71.3 Å². The molecular weight excluding hydrogens is 298 g/mol. The van der Waals surface area contributed by atoms with Gasteiger partial charge in [0.05, 0.1) is 11.7 Å². The highest BCUT2D eigenvalue weighted by molar-refractivity contribution is 5.74. The summed E-state index contributed by atoms with van der Waals surface area (Å²) in [6.45, 7) is 0. The number of fused-ring (bicyclic) bond motifs is 1. The van der Waals surface area contributed by atoms with Crippen molar-refractivity contribution in [2.45, 2.75) is 38.1 Å². The zero-order chi connectivity index (χ0) is 16.8. The first-order valence-corrected chi connectivity index (χ1v) is 8.55. The van der Waals surface area contributed by atoms with Crippen LogP contribution in [0.5, 0.6) is 0 Å². The minimum absolute atomic E-state index is 0.178. The quantitative estimate of drug-likeness (QED) is 0.632. The lowest BCUT2D eigenvalue weighted by atomic mass is 9.92. The molecule has 1 atom stereocenters. The summed E-state index contributed by atoms with van der Waals surface area (Å²) < 4.78 is 0. The van der Waals surface area contributed by atoms with Crippen LogP contribution < -0.4 is 5.06 Å². The van der Waals surface area contributed by atoms with Crippen LogP contribution in [-0.4, -0.2) is 17.5 Å². The fourth-order valence-electron chi connectivity index (χ4n) is 3.38. The average molecular weight is 321 g/mol. The molecule has 0 spiro atoms. The van der Waals surface area contributed by atoms with E-state index in [1.807, 2.05) is 18.2 Å². The second kappa shape index (κ2) is 7.93. The fourth-order valence-corrected chi connectivity index (χ4v) is 3.38. The largest absolute Gasteiger partial charge is 0.299 e. The summed E-state index contributed by atoms with van der Waals surface area (Å²) in [5.41, 5.74) is 4.39. The first-order chi connectivity index (χ1) is 11.8. The van der Waals surface area contributed by atoms with E-state index in [0.717, 1.165) is 55.2 Å². The third-order valence-electron chi connectivity index (χ3n) is 4.66. The van der Waals surface area contributed by atoms with Crippen molar-refractivity contribution in [1.82, 2.24) is 0 Å². The average Bonchev–Trinajstić information content (AvgIpc) is 2.63. The molecule has 24 heavy (non-hydrogen) atoms. The molecule has 3 nitrogen and oxygen atoms in total. The van der Waals surface area contributed by atoms with E-state index in [0.29, 0.717) is 0 Å². The molecule has 1 N–H and O–H groups in total. The molecule has 0 saturated carbocycles. The van der Waals surface area contributed by atoms with Crippen molar-refractivity contribution in [1.29, 1.82) is 0 Å². The summed E-state index contributed by atoms with van der Waals surface area (Å²) in [5.74, 6) is 0. The van der Waals surface area contributed by atoms with Gasteiger partial charge in [-0.05, 0) is 67.0 Å². The number of aryl methyl sites for hydroxylation is 2. The third-order valence-corrected chi connectivity index (χ3v) is 4.66. The van der Waals surface area contributed by atoms with Gasteiger partial charge in [0.1, 0.15) is 6.29 Å². The van der Waals surface area contributed by atoms with Crippen LogP contribution in [-0.2, 0) is 17.6 Å². The van der Waals surface area contributed by atoms with E-state index in [1.165, 1.54) is 16.7 Å². The van der Waals surface area contributed by atoms with Crippen LogP contribution in [0.1, 0.15) is 36.0 Å². The van der Waals surface area contributed by atoms with Crippen LogP contribution in [0, 0.1) is 0 Å². The van der Waals surface area contributed by atoms with Gasteiger partial charge >= 0.3 is 0 Å². The number of hydrogen-bond acceptors (Lipinski definition) is 3. The van der Waals surface area contributed by atoms with E-state index >= 15 is 0 Å². The predicted molar refractivity (Wildman–Crippen MR) is 97.3 cm³/mol. The molecule has 2 aromatic rings. The van der Waals surface area contributed by atoms with E-state index in [4.69, 9.17) is 0 Å². The molecular formula is C21H23NO2. The van der Waals surface area contributed by atoms with Crippen molar-refractivity contribution in [3.63, 3.8) is 0 Å². The van der Waals surface area contributed by atoms with Gasteiger partial charge in [-0.2, -0.15) is 0 Å². The molecule has 0 fully saturated rings. The van der Waals surface area contributed by atoms with E-state index in [-0.39, 0.29) is 6.04 Å². The topological polar surface area (TPSA) is 40.5 Å². The maximum absolute atomic E-state index is 10.5. The maximum Gasteiger partial charge on any atom is 0.142 e. The Bertz CT molecular complexity index is 709. The molecule has 1 heterocycles. The number of hydrogen-bond donors (Lipinski definition) is 1. The van der Waals surface area contributed by atoms with Crippen LogP contribution in [0.4, 0.5) is 5.69 Å². The molecule has 3 heteroatoms. The Labute approximate surface area is 143 Å². The molecule has 124 valence electrons. The molecule has 0 saturated heterocycles. The van der Waals surface area contributed by atoms with Crippen molar-refractivity contribution in [2.75, 3.05) is 5.06 Å². The predicted octanol–water partition coefficient (Wildman–Crippen LogP) is 4.43. The monoisotopic (exact) mass is 321 g/mol. The molecule has 0 aliphatic carbocycles. The lowest BCUT2D eigenvalue weighted by Gasteiger charge is -2.34. The summed E-state index contributed by atoms with van der Waals surface area (Å²) in [6.07, 6.45) is 9.09. The number of allylic oxidation sites excluding steroid dienone is 1. The summed E-state index contributed by atoms with van der Waals surface area (Å²) >= 11 is 0. The van der Waals surface area contributed by atoms with E-state index in [9.17, 15) is 10.0 Å². The first kappa shape index (κ1) is 16.5. The van der Waals surface area contributed by atoms with Crippen molar-refractivity contribution in [3.8, 4) is 0 Å². The molecule has 1 aliphatic heterocycles. The van der Waals surface area contributed by atoms with Gasteiger partial charge in [0.25, 0.3) is 0 Å². The standard InChI is InChI=1S/C21H23NO2/c23-15-5-9-18-11-14-21-19(16-18)12-13-20(22(21)24)10-4-8-17-6-2-1-3-7-17/h1-3,5-7,9,11,14-16,20,24H,4,8,10,12-13H2. The van der Waals surface area contributed by atoms with Gasteiger partial charge in [-0.25, -0.2) is 0 Å². The Kier molecular flexibility index (Phi) is 5.44. The van der Waals surface area contributed by atoms with Crippen molar-refractivity contribution in [2.24, 2.45) is 0 Å². The van der Waals surface area contributed by atoms with Crippen LogP contribution in [0.15, 0.2) is 54.6 Å². The van der Waals surface area contributed by atoms with Gasteiger partial charge in [0.15, 0.2) is 0 Å². The normalized spacial score (nSPS) is 17.0. The van der Waals surface area contributed by atoms with Gasteiger partial charge in [-0.1, -0.05) is 42.5 Å². The lowest BCUT2D eigenvalue weighted by Crippen LogP contribution is -2.36. The van der Waals surface area contributed by atoms with Gasteiger partial charge < -0.3 is 0 Å². The number of anilines is 1. The van der Waals surface area contributed by atoms with Crippen LogP contribution >= 0.6 is 0 Å². The van der Waals surface area contributed by atoms with Crippen LogP contribution in [0.3, 0.4) is 0 Å². The van der Waals surface area contributed by atoms with Crippen molar-refractivity contribution < 1.29 is 10.0 Å². The molecule has 1 aliphatic rings. The van der Waals surface area contributed by atoms with Gasteiger partial charge in [0.2, 0.25) is 0 Å². The highest BCUT2D eigenvalue weighted by Crippen LogP contribution is 2.32. The highest BCUT2D eigenvalue weighted by atomic mass is 16.5. The Morgan fingerprint density at radius 2 is 2.00 bits per heavy atom. The van der Waals surface area contributed by atoms with Crippen molar-refractivity contribution >= 4 is 18.0 Å². The highest BCUT2D eigenvalue weighted by Gasteiger charge is 2.24. The van der Waals surface area contributed by atoms with E-state index in [1.54, 1.807) is 6.08 Å². The summed E-state index contributed by atoms with van der Waals surface area (Å²) in [5, 5.41) is 12.0. The molecule has 1 unspecified atom stereocenters. The Morgan fingerprint density at radius 1 is 1.17 bits per heavy atom. The molecule has 0 bridgehead atoms. The Morgan fingerprint density at radius 3 is 2.79 bits per heavy atom. The maximum atomic E-state index is 10.5. The van der Waals surface area contributed by atoms with Crippen LogP contribution in [0.25, 0.3) is 6.08 Å². The second-order valence-electron chi connectivity index (χ2n) is 6.30. The number of hydroxylamine groups is 1. The van der Waals surface area contributed by atoms with Gasteiger partial charge in [0, 0.05) is 0 Å². The second-order valence-corrected chi connectivity index (χ2v) is 6.30. The zero-order valence-corrected chi connectivity index (χ0v) is 13.8. The van der Waals surface area contributed by atoms with E-state index < -0.39 is 0 Å². The Balaban J connectivity index is 1.61.